The first-order valence-electron chi connectivity index (χ1n) is 4.72. The molecule has 8 heteroatoms. The Hall–Kier alpha value is -1.31. The zero-order valence-electron chi connectivity index (χ0n) is 9.30. The molecule has 1 amide bonds. The predicted octanol–water partition coefficient (Wildman–Crippen LogP) is -0.938. The Balaban J connectivity index is 4.28. The molecule has 0 aromatic rings. The van der Waals surface area contributed by atoms with E-state index in [1.807, 2.05) is 0 Å². The number of nitrogens with two attached hydrogens (primary N) is 1. The molecule has 0 aliphatic rings. The number of oxime groups is 1. The quantitative estimate of drug-likeness (QED) is 0.243. The lowest BCUT2D eigenvalue weighted by molar-refractivity contribution is -0.119. The van der Waals surface area contributed by atoms with Gasteiger partial charge in [-0.25, -0.2) is 8.42 Å². The van der Waals surface area contributed by atoms with Crippen molar-refractivity contribution in [1.82, 2.24) is 5.32 Å². The van der Waals surface area contributed by atoms with Gasteiger partial charge in [-0.05, 0) is 6.42 Å². The minimum Gasteiger partial charge on any atom is -0.409 e. The van der Waals surface area contributed by atoms with Gasteiger partial charge in [-0.15, -0.1) is 0 Å². The van der Waals surface area contributed by atoms with Crippen molar-refractivity contribution >= 4 is 21.6 Å². The summed E-state index contributed by atoms with van der Waals surface area (Å²) in [5.41, 5.74) is 5.28. The molecule has 7 nitrogen and oxygen atoms in total. The van der Waals surface area contributed by atoms with Gasteiger partial charge in [0, 0.05) is 18.7 Å². The predicted molar refractivity (Wildman–Crippen MR) is 60.0 cm³/mol. The third-order valence-corrected chi connectivity index (χ3v) is 2.62. The van der Waals surface area contributed by atoms with Crippen LogP contribution in [0.1, 0.15) is 19.8 Å². The third-order valence-electron chi connectivity index (χ3n) is 1.84. The summed E-state index contributed by atoms with van der Waals surface area (Å²) in [6.07, 6.45) is 1.73. The maximum atomic E-state index is 11.3. The topological polar surface area (TPSA) is 122 Å². The summed E-state index contributed by atoms with van der Waals surface area (Å²) in [7, 11) is -3.33. The third kappa shape index (κ3) is 7.04. The van der Waals surface area contributed by atoms with Crippen molar-refractivity contribution in [3.63, 3.8) is 0 Å². The second-order valence-corrected chi connectivity index (χ2v) is 5.68. The van der Waals surface area contributed by atoms with Crippen molar-refractivity contribution in [3.05, 3.63) is 0 Å². The molecule has 4 N–H and O–H groups in total. The smallest absolute Gasteiger partial charge is 0.235 e. The Bertz CT molecular complexity index is 363. The van der Waals surface area contributed by atoms with Gasteiger partial charge < -0.3 is 16.3 Å². The van der Waals surface area contributed by atoms with Crippen molar-refractivity contribution in [3.8, 4) is 0 Å². The molecule has 1 atom stereocenters. The van der Waals surface area contributed by atoms with Gasteiger partial charge in [0.15, 0.2) is 9.84 Å². The Labute approximate surface area is 94.6 Å². The van der Waals surface area contributed by atoms with Crippen molar-refractivity contribution in [2.45, 2.75) is 25.8 Å². The maximum Gasteiger partial charge on any atom is 0.235 e. The Morgan fingerprint density at radius 2 is 2.12 bits per heavy atom. The number of sulfone groups is 1. The van der Waals surface area contributed by atoms with Gasteiger partial charge >= 0.3 is 0 Å². The Morgan fingerprint density at radius 1 is 1.56 bits per heavy atom. The average molecular weight is 251 g/mol. The molecule has 0 saturated carbocycles. The summed E-state index contributed by atoms with van der Waals surface area (Å²) in [4.78, 5) is 11.3. The number of hydrogen-bond acceptors (Lipinski definition) is 5. The van der Waals surface area contributed by atoms with Crippen LogP contribution in [0.25, 0.3) is 0 Å². The minimum absolute atomic E-state index is 0.00787. The molecule has 0 rings (SSSR count). The van der Waals surface area contributed by atoms with Gasteiger partial charge in [0.05, 0.1) is 0 Å². The molecular formula is C8H17N3O4S. The zero-order chi connectivity index (χ0) is 12.8. The summed E-state index contributed by atoms with van der Waals surface area (Å²) in [5.74, 6) is -1.15. The van der Waals surface area contributed by atoms with Crippen LogP contribution in [-0.2, 0) is 14.6 Å². The van der Waals surface area contributed by atoms with E-state index in [1.54, 1.807) is 6.92 Å². The molecule has 0 bridgehead atoms. The standard InChI is InChI=1S/C8H17N3O4S/c1-3-6(4-7(9)11-13)10-8(12)5-16(2,14)15/h6,13H,3-5H2,1-2H3,(H2,9,11)(H,10,12). The van der Waals surface area contributed by atoms with Gasteiger partial charge in [-0.1, -0.05) is 12.1 Å². The summed E-state index contributed by atoms with van der Waals surface area (Å²) < 4.78 is 21.7. The van der Waals surface area contributed by atoms with Crippen molar-refractivity contribution < 1.29 is 18.4 Å². The zero-order valence-corrected chi connectivity index (χ0v) is 10.1. The van der Waals surface area contributed by atoms with E-state index in [-0.39, 0.29) is 18.3 Å². The molecule has 0 heterocycles. The highest BCUT2D eigenvalue weighted by Gasteiger charge is 2.15. The maximum absolute atomic E-state index is 11.3. The van der Waals surface area contributed by atoms with E-state index in [0.717, 1.165) is 6.26 Å². The van der Waals surface area contributed by atoms with E-state index in [4.69, 9.17) is 10.9 Å². The lowest BCUT2D eigenvalue weighted by atomic mass is 10.1. The van der Waals surface area contributed by atoms with Crippen LogP contribution in [0.2, 0.25) is 0 Å². The Morgan fingerprint density at radius 3 is 2.50 bits per heavy atom. The van der Waals surface area contributed by atoms with E-state index < -0.39 is 21.5 Å². The fourth-order valence-electron chi connectivity index (χ4n) is 1.10. The second-order valence-electron chi connectivity index (χ2n) is 3.54. The number of amides is 1. The molecule has 0 aromatic heterocycles. The van der Waals surface area contributed by atoms with E-state index >= 15 is 0 Å². The van der Waals surface area contributed by atoms with E-state index in [2.05, 4.69) is 10.5 Å². The molecule has 0 aliphatic carbocycles. The fraction of sp³-hybridized carbons (Fsp3) is 0.750. The number of carbonyl (C=O) groups excluding carboxylic acids is 1. The van der Waals surface area contributed by atoms with Crippen molar-refractivity contribution in [1.29, 1.82) is 0 Å². The fourth-order valence-corrected chi connectivity index (χ4v) is 1.66. The summed E-state index contributed by atoms with van der Waals surface area (Å²) in [6.45, 7) is 1.80. The summed E-state index contributed by atoms with van der Waals surface area (Å²) in [5, 5.41) is 13.6. The van der Waals surface area contributed by atoms with Crippen LogP contribution in [0.4, 0.5) is 0 Å². The van der Waals surface area contributed by atoms with Crippen molar-refractivity contribution in [2.75, 3.05) is 12.0 Å². The highest BCUT2D eigenvalue weighted by Crippen LogP contribution is 1.98. The molecule has 0 aromatic carbocycles. The first-order chi connectivity index (χ1) is 7.28. The molecule has 94 valence electrons. The number of hydrogen-bond donors (Lipinski definition) is 3. The Kier molecular flexibility index (Phi) is 5.79. The highest BCUT2D eigenvalue weighted by molar-refractivity contribution is 7.91. The van der Waals surface area contributed by atoms with Crippen LogP contribution in [0.3, 0.4) is 0 Å². The highest BCUT2D eigenvalue weighted by atomic mass is 32.2. The van der Waals surface area contributed by atoms with Gasteiger partial charge in [-0.3, -0.25) is 4.79 Å². The van der Waals surface area contributed by atoms with E-state index in [9.17, 15) is 13.2 Å². The molecule has 0 aliphatic heterocycles. The molecule has 0 radical (unpaired) electrons. The van der Waals surface area contributed by atoms with Crippen LogP contribution in [-0.4, -0.2) is 43.4 Å². The van der Waals surface area contributed by atoms with Gasteiger partial charge in [0.1, 0.15) is 11.6 Å². The molecular weight excluding hydrogens is 234 g/mol. The van der Waals surface area contributed by atoms with E-state index in [0.29, 0.717) is 6.42 Å². The number of amidine groups is 1. The molecule has 0 spiro atoms. The van der Waals surface area contributed by atoms with Gasteiger partial charge in [-0.2, -0.15) is 0 Å². The first-order valence-corrected chi connectivity index (χ1v) is 6.78. The van der Waals surface area contributed by atoms with Crippen LogP contribution in [0.15, 0.2) is 5.16 Å². The van der Waals surface area contributed by atoms with Crippen LogP contribution < -0.4 is 11.1 Å². The molecule has 0 fully saturated rings. The molecule has 16 heavy (non-hydrogen) atoms. The van der Waals surface area contributed by atoms with Gasteiger partial charge in [0.25, 0.3) is 0 Å². The molecule has 1 unspecified atom stereocenters. The van der Waals surface area contributed by atoms with Crippen LogP contribution in [0, 0.1) is 0 Å². The number of carbonyl (C=O) groups is 1. The average Bonchev–Trinajstić information content (AvgIpc) is 2.13. The van der Waals surface area contributed by atoms with E-state index in [1.165, 1.54) is 0 Å². The first kappa shape index (κ1) is 14.7. The lowest BCUT2D eigenvalue weighted by Crippen LogP contribution is -2.40. The van der Waals surface area contributed by atoms with Crippen LogP contribution in [0.5, 0.6) is 0 Å². The largest absolute Gasteiger partial charge is 0.409 e. The minimum atomic E-state index is -3.33. The van der Waals surface area contributed by atoms with Crippen LogP contribution >= 0.6 is 0 Å². The van der Waals surface area contributed by atoms with Gasteiger partial charge in [0.2, 0.25) is 5.91 Å². The summed E-state index contributed by atoms with van der Waals surface area (Å²) in [6, 6.07) is -0.329. The number of nitrogens with zero attached hydrogens (tertiary/aromatic N) is 1. The number of rotatable bonds is 6. The summed E-state index contributed by atoms with van der Waals surface area (Å²) >= 11 is 0. The van der Waals surface area contributed by atoms with Crippen molar-refractivity contribution in [2.24, 2.45) is 10.9 Å². The second kappa shape index (κ2) is 6.31. The lowest BCUT2D eigenvalue weighted by Gasteiger charge is -2.15. The monoisotopic (exact) mass is 251 g/mol. The molecule has 0 saturated heterocycles. The SMILES string of the molecule is CCC(CC(N)=NO)NC(=O)CS(C)(=O)=O. The number of nitrogens with one attached hydrogen (secondary N) is 1. The normalized spacial score (nSPS) is 14.5.